The molecule has 1 aliphatic rings. The third kappa shape index (κ3) is 6.97. The standard InChI is InChI=1S/C32H31ClN6O3/c1-3-41-30-17-27-25(16-28(30)38-31(40)14-21-9-12-39(2)13-10-21)32(22(18-34)19-36-27)37-23-7-8-29(26(33)15-23)42-20-24-6-4-5-11-35-24/h4-8,11,14-17,19H,3,9-10,12-13,20H2,1-2H3,(H,36,37)(H,38,40). The molecular formula is C32H31ClN6O3. The molecule has 214 valence electrons. The number of nitrogens with zero attached hydrogens (tertiary/aromatic N) is 4. The van der Waals surface area contributed by atoms with Crippen LogP contribution in [0.1, 0.15) is 31.0 Å². The predicted molar refractivity (Wildman–Crippen MR) is 164 cm³/mol. The summed E-state index contributed by atoms with van der Waals surface area (Å²) in [7, 11) is 2.08. The molecule has 10 heteroatoms. The highest BCUT2D eigenvalue weighted by Crippen LogP contribution is 2.37. The molecule has 0 saturated carbocycles. The second-order valence-corrected chi connectivity index (χ2v) is 10.3. The molecule has 0 unspecified atom stereocenters. The summed E-state index contributed by atoms with van der Waals surface area (Å²) in [6, 6.07) is 16.7. The molecule has 3 heterocycles. The lowest BCUT2D eigenvalue weighted by molar-refractivity contribution is -0.112. The van der Waals surface area contributed by atoms with Crippen molar-refractivity contribution in [1.82, 2.24) is 14.9 Å². The van der Waals surface area contributed by atoms with Crippen molar-refractivity contribution >= 4 is 45.5 Å². The third-order valence-electron chi connectivity index (χ3n) is 6.91. The van der Waals surface area contributed by atoms with E-state index in [2.05, 4.69) is 38.6 Å². The van der Waals surface area contributed by atoms with Crippen molar-refractivity contribution in [3.8, 4) is 17.6 Å². The molecule has 1 amide bonds. The Morgan fingerprint density at radius 3 is 2.67 bits per heavy atom. The van der Waals surface area contributed by atoms with Gasteiger partial charge in [-0.3, -0.25) is 14.8 Å². The predicted octanol–water partition coefficient (Wildman–Crippen LogP) is 6.47. The first-order valence-electron chi connectivity index (χ1n) is 13.7. The summed E-state index contributed by atoms with van der Waals surface area (Å²) in [5, 5.41) is 17.3. The molecule has 1 saturated heterocycles. The van der Waals surface area contributed by atoms with E-state index in [-0.39, 0.29) is 12.5 Å². The number of rotatable bonds is 9. The summed E-state index contributed by atoms with van der Waals surface area (Å²) >= 11 is 6.54. The second-order valence-electron chi connectivity index (χ2n) is 9.93. The lowest BCUT2D eigenvalue weighted by Crippen LogP contribution is -2.27. The number of hydrogen-bond donors (Lipinski definition) is 2. The Morgan fingerprint density at radius 1 is 1.12 bits per heavy atom. The van der Waals surface area contributed by atoms with E-state index >= 15 is 0 Å². The summed E-state index contributed by atoms with van der Waals surface area (Å²) < 4.78 is 11.7. The molecule has 9 nitrogen and oxygen atoms in total. The minimum Gasteiger partial charge on any atom is -0.492 e. The minimum absolute atomic E-state index is 0.221. The van der Waals surface area contributed by atoms with Crippen molar-refractivity contribution in [3.63, 3.8) is 0 Å². The topological polar surface area (TPSA) is 112 Å². The zero-order chi connectivity index (χ0) is 29.5. The van der Waals surface area contributed by atoms with Crippen LogP contribution in [-0.2, 0) is 11.4 Å². The van der Waals surface area contributed by atoms with Crippen molar-refractivity contribution in [1.29, 1.82) is 5.26 Å². The number of anilines is 3. The largest absolute Gasteiger partial charge is 0.492 e. The summed E-state index contributed by atoms with van der Waals surface area (Å²) in [5.41, 5.74) is 4.53. The van der Waals surface area contributed by atoms with Crippen LogP contribution in [0.4, 0.5) is 17.1 Å². The van der Waals surface area contributed by atoms with Crippen molar-refractivity contribution in [2.75, 3.05) is 37.4 Å². The van der Waals surface area contributed by atoms with Gasteiger partial charge in [-0.05, 0) is 63.2 Å². The van der Waals surface area contributed by atoms with Crippen LogP contribution in [0.5, 0.6) is 11.5 Å². The number of likely N-dealkylation sites (tertiary alicyclic amines) is 1. The molecule has 2 N–H and O–H groups in total. The number of halogens is 1. The zero-order valence-corrected chi connectivity index (χ0v) is 24.2. The molecule has 4 aromatic rings. The van der Waals surface area contributed by atoms with E-state index in [1.807, 2.05) is 31.2 Å². The van der Waals surface area contributed by atoms with Crippen LogP contribution in [0.15, 0.2) is 72.6 Å². The van der Waals surface area contributed by atoms with Gasteiger partial charge in [0.2, 0.25) is 5.91 Å². The van der Waals surface area contributed by atoms with E-state index in [0.29, 0.717) is 56.7 Å². The van der Waals surface area contributed by atoms with Crippen LogP contribution in [-0.4, -0.2) is 47.5 Å². The molecule has 2 aromatic carbocycles. The lowest BCUT2D eigenvalue weighted by Gasteiger charge is -2.23. The van der Waals surface area contributed by atoms with Gasteiger partial charge < -0.3 is 25.0 Å². The molecule has 5 rings (SSSR count). The number of fused-ring (bicyclic) bond motifs is 1. The van der Waals surface area contributed by atoms with Crippen LogP contribution in [0.25, 0.3) is 10.9 Å². The molecular weight excluding hydrogens is 552 g/mol. The monoisotopic (exact) mass is 582 g/mol. The third-order valence-corrected chi connectivity index (χ3v) is 7.21. The van der Waals surface area contributed by atoms with E-state index in [4.69, 9.17) is 21.1 Å². The number of carbonyl (C=O) groups excluding carboxylic acids is 1. The van der Waals surface area contributed by atoms with E-state index in [9.17, 15) is 10.1 Å². The van der Waals surface area contributed by atoms with Crippen LogP contribution in [0.2, 0.25) is 5.02 Å². The Kier molecular flexibility index (Phi) is 9.17. The summed E-state index contributed by atoms with van der Waals surface area (Å²) in [4.78, 5) is 24.0. The van der Waals surface area contributed by atoms with E-state index in [1.54, 1.807) is 36.5 Å². The first-order valence-corrected chi connectivity index (χ1v) is 14.1. The Morgan fingerprint density at radius 2 is 1.95 bits per heavy atom. The number of benzene rings is 2. The summed E-state index contributed by atoms with van der Waals surface area (Å²) in [6.07, 6.45) is 6.61. The fourth-order valence-corrected chi connectivity index (χ4v) is 4.93. The summed E-state index contributed by atoms with van der Waals surface area (Å²) in [6.45, 7) is 4.43. The number of hydrogen-bond acceptors (Lipinski definition) is 8. The number of aromatic nitrogens is 2. The number of nitriles is 1. The van der Waals surface area contributed by atoms with Gasteiger partial charge in [0.1, 0.15) is 24.2 Å². The van der Waals surface area contributed by atoms with Crippen molar-refractivity contribution in [3.05, 3.63) is 88.9 Å². The number of amides is 1. The molecule has 0 spiro atoms. The maximum Gasteiger partial charge on any atom is 0.248 e. The van der Waals surface area contributed by atoms with E-state index in [1.165, 1.54) is 6.20 Å². The molecule has 0 atom stereocenters. The smallest absolute Gasteiger partial charge is 0.248 e. The van der Waals surface area contributed by atoms with Gasteiger partial charge in [0, 0.05) is 48.7 Å². The number of carbonyl (C=O) groups is 1. The molecule has 0 bridgehead atoms. The van der Waals surface area contributed by atoms with Crippen molar-refractivity contribution < 1.29 is 14.3 Å². The quantitative estimate of drug-likeness (QED) is 0.216. The van der Waals surface area contributed by atoms with Crippen LogP contribution in [0.3, 0.4) is 0 Å². The van der Waals surface area contributed by atoms with Crippen LogP contribution >= 0.6 is 11.6 Å². The highest BCUT2D eigenvalue weighted by molar-refractivity contribution is 6.32. The molecule has 0 radical (unpaired) electrons. The molecule has 1 fully saturated rings. The average molecular weight is 583 g/mol. The molecule has 1 aliphatic heterocycles. The average Bonchev–Trinajstić information content (AvgIpc) is 2.99. The van der Waals surface area contributed by atoms with Gasteiger partial charge in [0.15, 0.2) is 0 Å². The Hall–Kier alpha value is -4.65. The van der Waals surface area contributed by atoms with Crippen LogP contribution < -0.4 is 20.1 Å². The highest BCUT2D eigenvalue weighted by Gasteiger charge is 2.17. The van der Waals surface area contributed by atoms with Gasteiger partial charge in [0.25, 0.3) is 0 Å². The fourth-order valence-electron chi connectivity index (χ4n) is 4.69. The summed E-state index contributed by atoms with van der Waals surface area (Å²) in [5.74, 6) is 0.792. The van der Waals surface area contributed by atoms with Gasteiger partial charge in [-0.25, -0.2) is 0 Å². The first-order chi connectivity index (χ1) is 20.4. The second kappa shape index (κ2) is 13.3. The fraction of sp³-hybridized carbons (Fsp3) is 0.250. The Balaban J connectivity index is 1.43. The SMILES string of the molecule is CCOc1cc2ncc(C#N)c(Nc3ccc(OCc4ccccn4)c(Cl)c3)c2cc1NC(=O)C=C1CCN(C)CC1. The Labute approximate surface area is 249 Å². The zero-order valence-electron chi connectivity index (χ0n) is 23.5. The van der Waals surface area contributed by atoms with Gasteiger partial charge in [-0.2, -0.15) is 5.26 Å². The molecule has 2 aromatic heterocycles. The van der Waals surface area contributed by atoms with Crippen molar-refractivity contribution in [2.45, 2.75) is 26.4 Å². The number of piperidine rings is 1. The van der Waals surface area contributed by atoms with Gasteiger partial charge in [0.05, 0.1) is 39.8 Å². The molecule has 0 aliphatic carbocycles. The molecule has 42 heavy (non-hydrogen) atoms. The number of nitrogens with one attached hydrogen (secondary N) is 2. The Bertz CT molecular complexity index is 1660. The van der Waals surface area contributed by atoms with Gasteiger partial charge in [-0.1, -0.05) is 23.2 Å². The normalized spacial score (nSPS) is 13.3. The lowest BCUT2D eigenvalue weighted by atomic mass is 10.0. The first kappa shape index (κ1) is 28.9. The minimum atomic E-state index is -0.221. The van der Waals surface area contributed by atoms with Gasteiger partial charge >= 0.3 is 0 Å². The van der Waals surface area contributed by atoms with Gasteiger partial charge in [-0.15, -0.1) is 0 Å². The number of pyridine rings is 2. The maximum atomic E-state index is 13.0. The number of ether oxygens (including phenoxy) is 2. The van der Waals surface area contributed by atoms with E-state index in [0.717, 1.165) is 37.2 Å². The van der Waals surface area contributed by atoms with E-state index < -0.39 is 0 Å². The highest BCUT2D eigenvalue weighted by atomic mass is 35.5. The maximum absolute atomic E-state index is 13.0. The van der Waals surface area contributed by atoms with Crippen LogP contribution in [0, 0.1) is 11.3 Å². The van der Waals surface area contributed by atoms with Crippen molar-refractivity contribution in [2.24, 2.45) is 0 Å².